The predicted molar refractivity (Wildman–Crippen MR) is 36.3 cm³/mol. The fraction of sp³-hybridized carbons (Fsp3) is 0. The van der Waals surface area contributed by atoms with Crippen LogP contribution in [-0.4, -0.2) is 60.3 Å². The van der Waals surface area contributed by atoms with E-state index in [-0.39, 0.29) is 31.4 Å². The van der Waals surface area contributed by atoms with Gasteiger partial charge in [-0.05, 0) is 0 Å². The van der Waals surface area contributed by atoms with Crippen LogP contribution >= 0.6 is 0 Å². The van der Waals surface area contributed by atoms with Crippen molar-refractivity contribution in [1.82, 2.24) is 6.15 Å². The third-order valence-electron chi connectivity index (χ3n) is 0. The monoisotopic (exact) mass is 297 g/mol. The molecule has 0 bridgehead atoms. The zero-order valence-electron chi connectivity index (χ0n) is 6.16. The van der Waals surface area contributed by atoms with E-state index in [0.717, 1.165) is 0 Å². The number of hydrogen-bond donors (Lipinski definition) is 1. The van der Waals surface area contributed by atoms with Crippen molar-refractivity contribution in [3.8, 4) is 0 Å². The van der Waals surface area contributed by atoms with Gasteiger partial charge in [-0.25, -0.2) is 0 Å². The third-order valence-corrected chi connectivity index (χ3v) is 0. The Kier molecular flexibility index (Phi) is 23.3. The van der Waals surface area contributed by atoms with Crippen LogP contribution in [0.25, 0.3) is 0 Å². The number of hydrogen-bond acceptors (Lipinski definition) is 8. The summed E-state index contributed by atoms with van der Waals surface area (Å²) < 4.78 is 68.2. The first-order chi connectivity index (χ1) is 4.00. The zero-order chi connectivity index (χ0) is 9.00. The van der Waals surface area contributed by atoms with Crippen LogP contribution in [0.5, 0.6) is 0 Å². The zero-order valence-corrected chi connectivity index (χ0v) is 10.2. The van der Waals surface area contributed by atoms with E-state index in [0.29, 0.717) is 0 Å². The minimum Gasteiger partial charge on any atom is -0.759 e. The summed E-state index contributed by atoms with van der Waals surface area (Å²) in [5.41, 5.74) is 0. The summed E-state index contributed by atoms with van der Waals surface area (Å²) in [6.45, 7) is 0. The van der Waals surface area contributed by atoms with Gasteiger partial charge in [-0.1, -0.05) is 0 Å². The summed E-state index contributed by atoms with van der Waals surface area (Å²) in [6.07, 6.45) is 0. The molecule has 13 heteroatoms. The van der Waals surface area contributed by atoms with Crippen molar-refractivity contribution >= 4 is 40.6 Å². The quantitative estimate of drug-likeness (QED) is 0.267. The van der Waals surface area contributed by atoms with Crippen molar-refractivity contribution in [2.24, 2.45) is 0 Å². The van der Waals surface area contributed by atoms with Gasteiger partial charge in [0, 0.05) is 20.8 Å². The molecule has 0 saturated heterocycles. The molecule has 0 aromatic rings. The maximum Gasteiger partial charge on any atom is 3.00 e. The molecular formula is H6GaNO9S2. The molecule has 0 aromatic carbocycles. The first-order valence-electron chi connectivity index (χ1n) is 1.33. The second-order valence-corrected chi connectivity index (χ2v) is 2.45. The summed E-state index contributed by atoms with van der Waals surface area (Å²) in [6, 6.07) is 0. The van der Waals surface area contributed by atoms with Gasteiger partial charge in [0.05, 0.1) is 0 Å². The van der Waals surface area contributed by atoms with Crippen LogP contribution < -0.4 is 6.15 Å². The van der Waals surface area contributed by atoms with Gasteiger partial charge >= 0.3 is 19.8 Å². The van der Waals surface area contributed by atoms with Gasteiger partial charge in [0.1, 0.15) is 0 Å². The molecule has 0 radical (unpaired) electrons. The minimum absolute atomic E-state index is 0. The van der Waals surface area contributed by atoms with Crippen LogP contribution in [0.1, 0.15) is 0 Å². The van der Waals surface area contributed by atoms with Gasteiger partial charge in [-0.15, -0.1) is 0 Å². The Hall–Kier alpha value is 0.296. The Labute approximate surface area is 87.4 Å². The predicted octanol–water partition coefficient (Wildman–Crippen LogP) is -3.51. The molecular weight excluding hydrogens is 292 g/mol. The maximum atomic E-state index is 8.52. The van der Waals surface area contributed by atoms with Gasteiger partial charge in [0.25, 0.3) is 0 Å². The van der Waals surface area contributed by atoms with Crippen molar-refractivity contribution < 1.29 is 40.5 Å². The molecule has 0 aliphatic rings. The summed E-state index contributed by atoms with van der Waals surface area (Å²) in [7, 11) is -10.3. The Morgan fingerprint density at radius 2 is 0.692 bits per heavy atom. The van der Waals surface area contributed by atoms with E-state index in [4.69, 9.17) is 35.0 Å². The van der Waals surface area contributed by atoms with Crippen LogP contribution in [0.4, 0.5) is 0 Å². The molecule has 80 valence electrons. The molecule has 0 aromatic heterocycles. The van der Waals surface area contributed by atoms with E-state index in [1.54, 1.807) is 0 Å². The van der Waals surface area contributed by atoms with Gasteiger partial charge in [-0.2, -0.15) is 0 Å². The molecule has 0 unspecified atom stereocenters. The first kappa shape index (κ1) is 29.2. The van der Waals surface area contributed by atoms with Crippen LogP contribution in [-0.2, 0) is 20.8 Å². The first-order valence-corrected chi connectivity index (χ1v) is 4.00. The molecule has 10 nitrogen and oxygen atoms in total. The second kappa shape index (κ2) is 10.4. The summed E-state index contributed by atoms with van der Waals surface area (Å²) in [4.78, 5) is 0. The Bertz CT molecular complexity index is 214. The Morgan fingerprint density at radius 3 is 0.692 bits per heavy atom. The second-order valence-electron chi connectivity index (χ2n) is 0.816. The van der Waals surface area contributed by atoms with Crippen LogP contribution in [0.3, 0.4) is 0 Å². The van der Waals surface area contributed by atoms with Crippen molar-refractivity contribution in [1.29, 1.82) is 0 Å². The summed E-state index contributed by atoms with van der Waals surface area (Å²) in [5.74, 6) is 0. The van der Waals surface area contributed by atoms with Gasteiger partial charge < -0.3 is 29.8 Å². The van der Waals surface area contributed by atoms with E-state index in [1.807, 2.05) is 0 Å². The van der Waals surface area contributed by atoms with E-state index < -0.39 is 20.8 Å². The average Bonchev–Trinajstić information content (AvgIpc) is 1.12. The van der Waals surface area contributed by atoms with Crippen molar-refractivity contribution in [2.45, 2.75) is 0 Å². The molecule has 0 atom stereocenters. The van der Waals surface area contributed by atoms with Crippen LogP contribution in [0.2, 0.25) is 0 Å². The number of rotatable bonds is 0. The molecule has 0 saturated carbocycles. The molecule has 13 heavy (non-hydrogen) atoms. The topological polar surface area (TPSA) is 229 Å². The average molecular weight is 298 g/mol. The molecule has 0 spiro atoms. The smallest absolute Gasteiger partial charge is 0.759 e. The molecule has 6 N–H and O–H groups in total. The molecule has 0 aliphatic heterocycles. The SMILES string of the molecule is O.O=S(=O)([O-])[O-].O=S(=O)([O-])[O-].[Ga+3].[NH4+]. The maximum absolute atomic E-state index is 8.52. The largest absolute Gasteiger partial charge is 3.00 e. The van der Waals surface area contributed by atoms with Crippen molar-refractivity contribution in [2.75, 3.05) is 0 Å². The fourth-order valence-corrected chi connectivity index (χ4v) is 0. The number of quaternary nitrogens is 1. The van der Waals surface area contributed by atoms with E-state index in [2.05, 4.69) is 0 Å². The summed E-state index contributed by atoms with van der Waals surface area (Å²) >= 11 is 0. The standard InChI is InChI=1S/Ga.H3N.2H2O4S.H2O/c;;2*1-5(2,3)4;/h;1H3;2*(H2,1,2,3,4);1H2/q+3;;;;/p-3. The van der Waals surface area contributed by atoms with E-state index in [9.17, 15) is 0 Å². The van der Waals surface area contributed by atoms with Gasteiger partial charge in [-0.3, -0.25) is 16.8 Å². The van der Waals surface area contributed by atoms with Gasteiger partial charge in [0.15, 0.2) is 0 Å². The van der Waals surface area contributed by atoms with Crippen molar-refractivity contribution in [3.63, 3.8) is 0 Å². The normalized spacial score (nSPS) is 8.92. The molecule has 0 aliphatic carbocycles. The minimum atomic E-state index is -5.17. The van der Waals surface area contributed by atoms with E-state index in [1.165, 1.54) is 0 Å². The Morgan fingerprint density at radius 1 is 0.692 bits per heavy atom. The fourth-order valence-electron chi connectivity index (χ4n) is 0. The van der Waals surface area contributed by atoms with Crippen molar-refractivity contribution in [3.05, 3.63) is 0 Å². The molecule has 0 amide bonds. The molecule has 0 fully saturated rings. The third kappa shape index (κ3) is 14800. The molecule has 0 rings (SSSR count). The van der Waals surface area contributed by atoms with Gasteiger partial charge in [0.2, 0.25) is 0 Å². The molecule has 0 heterocycles. The van der Waals surface area contributed by atoms with Crippen LogP contribution in [0.15, 0.2) is 0 Å². The van der Waals surface area contributed by atoms with Crippen LogP contribution in [0, 0.1) is 0 Å². The Balaban J connectivity index is -0.0000000267. The van der Waals surface area contributed by atoms with E-state index >= 15 is 0 Å². The summed E-state index contributed by atoms with van der Waals surface area (Å²) in [5, 5.41) is 0.